The van der Waals surface area contributed by atoms with E-state index in [2.05, 4.69) is 10.3 Å². The van der Waals surface area contributed by atoms with Crippen molar-refractivity contribution in [1.29, 1.82) is 0 Å². The Hall–Kier alpha value is -2.38. The number of hydrogen-bond acceptors (Lipinski definition) is 6. The predicted molar refractivity (Wildman–Crippen MR) is 106 cm³/mol. The Kier molecular flexibility index (Phi) is 5.90. The minimum absolute atomic E-state index is 0.0257. The van der Waals surface area contributed by atoms with Crippen LogP contribution in [0.1, 0.15) is 20.2 Å². The van der Waals surface area contributed by atoms with Crippen LogP contribution in [-0.4, -0.2) is 31.7 Å². The van der Waals surface area contributed by atoms with Crippen LogP contribution in [0, 0.1) is 6.92 Å². The molecule has 1 N–H and O–H groups in total. The summed E-state index contributed by atoms with van der Waals surface area (Å²) in [6.45, 7) is 2.59. The third-order valence-electron chi connectivity index (χ3n) is 3.91. The number of aryl methyl sites for hydroxylation is 1. The lowest BCUT2D eigenvalue weighted by atomic mass is 10.2. The number of nitrogens with zero attached hydrogens (tertiary/aromatic N) is 1. The van der Waals surface area contributed by atoms with Gasteiger partial charge in [0.05, 0.1) is 24.8 Å². The summed E-state index contributed by atoms with van der Waals surface area (Å²) in [4.78, 5) is 18.6. The molecule has 0 aliphatic rings. The van der Waals surface area contributed by atoms with Gasteiger partial charge in [-0.2, -0.15) is 0 Å². The van der Waals surface area contributed by atoms with Gasteiger partial charge < -0.3 is 14.8 Å². The molecule has 0 radical (unpaired) electrons. The van der Waals surface area contributed by atoms with Crippen molar-refractivity contribution < 1.29 is 14.3 Å². The summed E-state index contributed by atoms with van der Waals surface area (Å²) in [5.74, 6) is 1.35. The summed E-state index contributed by atoms with van der Waals surface area (Å²) in [5.41, 5.74) is 1.98. The lowest BCUT2D eigenvalue weighted by Crippen LogP contribution is -2.24. The zero-order valence-electron chi connectivity index (χ0n) is 14.9. The number of nitrogens with one attached hydrogen (secondary N) is 1. The molecule has 0 saturated heterocycles. The predicted octanol–water partition coefficient (Wildman–Crippen LogP) is 4.17. The molecule has 7 heteroatoms. The van der Waals surface area contributed by atoms with Crippen LogP contribution in [0.5, 0.6) is 11.5 Å². The second-order valence-electron chi connectivity index (χ2n) is 5.58. The summed E-state index contributed by atoms with van der Waals surface area (Å²) in [6.07, 6.45) is 0.758. The van der Waals surface area contributed by atoms with E-state index in [0.29, 0.717) is 18.0 Å². The maximum absolute atomic E-state index is 12.0. The van der Waals surface area contributed by atoms with Crippen LogP contribution in [-0.2, 0) is 6.42 Å². The fraction of sp³-hybridized carbons (Fsp3) is 0.263. The van der Waals surface area contributed by atoms with Gasteiger partial charge in [-0.05, 0) is 36.6 Å². The first-order chi connectivity index (χ1) is 12.6. The molecule has 0 aliphatic carbocycles. The van der Waals surface area contributed by atoms with E-state index in [0.717, 1.165) is 27.6 Å². The largest absolute Gasteiger partial charge is 0.493 e. The van der Waals surface area contributed by atoms with Crippen LogP contribution < -0.4 is 14.8 Å². The SMILES string of the molecule is COc1ccc(-c2nc(C)c(CCNC(=O)c3cccs3)s2)cc1OC. The molecule has 136 valence electrons. The van der Waals surface area contributed by atoms with Crippen LogP contribution in [0.2, 0.25) is 0 Å². The number of thiazole rings is 1. The van der Waals surface area contributed by atoms with Crippen LogP contribution in [0.15, 0.2) is 35.7 Å². The lowest BCUT2D eigenvalue weighted by Gasteiger charge is -2.08. The molecule has 0 spiro atoms. The van der Waals surface area contributed by atoms with Crippen molar-refractivity contribution in [2.45, 2.75) is 13.3 Å². The first-order valence-electron chi connectivity index (χ1n) is 8.12. The summed E-state index contributed by atoms with van der Waals surface area (Å²) in [7, 11) is 3.24. The van der Waals surface area contributed by atoms with Gasteiger partial charge in [0.25, 0.3) is 5.91 Å². The molecule has 0 bridgehead atoms. The number of rotatable bonds is 7. The van der Waals surface area contributed by atoms with E-state index in [4.69, 9.17) is 9.47 Å². The number of thiophene rings is 1. The van der Waals surface area contributed by atoms with Crippen molar-refractivity contribution in [3.63, 3.8) is 0 Å². The first kappa shape index (κ1) is 18.4. The van der Waals surface area contributed by atoms with Crippen LogP contribution in [0.25, 0.3) is 10.6 Å². The Morgan fingerprint density at radius 2 is 2.00 bits per heavy atom. The number of benzene rings is 1. The fourth-order valence-corrected chi connectivity index (χ4v) is 4.24. The summed E-state index contributed by atoms with van der Waals surface area (Å²) < 4.78 is 10.6. The van der Waals surface area contributed by atoms with Crippen molar-refractivity contribution in [3.8, 4) is 22.1 Å². The minimum Gasteiger partial charge on any atom is -0.493 e. The Bertz CT molecular complexity index is 888. The van der Waals surface area contributed by atoms with Gasteiger partial charge >= 0.3 is 0 Å². The molecule has 5 nitrogen and oxygen atoms in total. The van der Waals surface area contributed by atoms with Gasteiger partial charge in [0.15, 0.2) is 11.5 Å². The van der Waals surface area contributed by atoms with Gasteiger partial charge in [0, 0.05) is 23.4 Å². The molecule has 26 heavy (non-hydrogen) atoms. The molecule has 0 atom stereocenters. The number of ether oxygens (including phenoxy) is 2. The number of carbonyl (C=O) groups is 1. The topological polar surface area (TPSA) is 60.5 Å². The highest BCUT2D eigenvalue weighted by atomic mass is 32.1. The third kappa shape index (κ3) is 4.05. The molecular formula is C19H20N2O3S2. The Balaban J connectivity index is 1.68. The molecule has 2 heterocycles. The van der Waals surface area contributed by atoms with Gasteiger partial charge in [-0.25, -0.2) is 4.98 Å². The van der Waals surface area contributed by atoms with Crippen molar-refractivity contribution in [2.75, 3.05) is 20.8 Å². The quantitative estimate of drug-likeness (QED) is 0.660. The van der Waals surface area contributed by atoms with E-state index in [1.807, 2.05) is 42.6 Å². The molecule has 2 aromatic heterocycles. The summed E-state index contributed by atoms with van der Waals surface area (Å²) >= 11 is 3.08. The number of carbonyl (C=O) groups excluding carboxylic acids is 1. The number of aromatic nitrogens is 1. The Morgan fingerprint density at radius 3 is 2.69 bits per heavy atom. The average molecular weight is 389 g/mol. The molecule has 0 fully saturated rings. The molecule has 1 amide bonds. The molecular weight excluding hydrogens is 368 g/mol. The Labute approximate surface area is 160 Å². The monoisotopic (exact) mass is 388 g/mol. The van der Waals surface area contributed by atoms with Crippen LogP contribution >= 0.6 is 22.7 Å². The number of amides is 1. The number of hydrogen-bond donors (Lipinski definition) is 1. The summed E-state index contributed by atoms with van der Waals surface area (Å²) in [5, 5.41) is 5.79. The van der Waals surface area contributed by atoms with Crippen molar-refractivity contribution in [3.05, 3.63) is 51.2 Å². The van der Waals surface area contributed by atoms with E-state index in [-0.39, 0.29) is 5.91 Å². The van der Waals surface area contributed by atoms with Crippen LogP contribution in [0.3, 0.4) is 0 Å². The van der Waals surface area contributed by atoms with Gasteiger partial charge in [-0.15, -0.1) is 22.7 Å². The number of methoxy groups -OCH3 is 2. The minimum atomic E-state index is -0.0257. The molecule has 3 aromatic rings. The zero-order valence-corrected chi connectivity index (χ0v) is 16.5. The van der Waals surface area contributed by atoms with E-state index in [1.165, 1.54) is 16.2 Å². The maximum atomic E-state index is 12.0. The van der Waals surface area contributed by atoms with E-state index in [9.17, 15) is 4.79 Å². The maximum Gasteiger partial charge on any atom is 0.261 e. The van der Waals surface area contributed by atoms with Gasteiger partial charge in [0.1, 0.15) is 5.01 Å². The molecule has 0 saturated carbocycles. The highest BCUT2D eigenvalue weighted by Gasteiger charge is 2.13. The smallest absolute Gasteiger partial charge is 0.261 e. The van der Waals surface area contributed by atoms with E-state index in [1.54, 1.807) is 25.6 Å². The molecule has 3 rings (SSSR count). The van der Waals surface area contributed by atoms with Crippen LogP contribution in [0.4, 0.5) is 0 Å². The highest BCUT2D eigenvalue weighted by molar-refractivity contribution is 7.15. The lowest BCUT2D eigenvalue weighted by molar-refractivity contribution is 0.0958. The highest BCUT2D eigenvalue weighted by Crippen LogP contribution is 2.35. The first-order valence-corrected chi connectivity index (χ1v) is 9.82. The van der Waals surface area contributed by atoms with Gasteiger partial charge in [-0.3, -0.25) is 4.79 Å². The molecule has 1 aromatic carbocycles. The van der Waals surface area contributed by atoms with Crippen molar-refractivity contribution >= 4 is 28.6 Å². The molecule has 0 unspecified atom stereocenters. The van der Waals surface area contributed by atoms with Gasteiger partial charge in [0.2, 0.25) is 0 Å². The van der Waals surface area contributed by atoms with Crippen molar-refractivity contribution in [2.24, 2.45) is 0 Å². The van der Waals surface area contributed by atoms with E-state index >= 15 is 0 Å². The summed E-state index contributed by atoms with van der Waals surface area (Å²) in [6, 6.07) is 9.49. The normalized spacial score (nSPS) is 10.6. The standard InChI is InChI=1S/C19H20N2O3S2/c1-12-16(8-9-20-18(22)17-5-4-10-25-17)26-19(21-12)13-6-7-14(23-2)15(11-13)24-3/h4-7,10-11H,8-9H2,1-3H3,(H,20,22). The van der Waals surface area contributed by atoms with Crippen molar-refractivity contribution in [1.82, 2.24) is 10.3 Å². The van der Waals surface area contributed by atoms with Gasteiger partial charge in [-0.1, -0.05) is 6.07 Å². The zero-order chi connectivity index (χ0) is 18.5. The second kappa shape index (κ2) is 8.33. The van der Waals surface area contributed by atoms with E-state index < -0.39 is 0 Å². The second-order valence-corrected chi connectivity index (χ2v) is 7.61. The fourth-order valence-electron chi connectivity index (χ4n) is 2.54. The third-order valence-corrected chi connectivity index (χ3v) is 6.04. The Morgan fingerprint density at radius 1 is 1.19 bits per heavy atom. The molecule has 0 aliphatic heterocycles. The average Bonchev–Trinajstić information content (AvgIpc) is 3.31.